The van der Waals surface area contributed by atoms with Crippen LogP contribution in [-0.2, 0) is 9.53 Å². The fourth-order valence-electron chi connectivity index (χ4n) is 3.71. The molecular weight excluding hydrogens is 318 g/mol. The summed E-state index contributed by atoms with van der Waals surface area (Å²) in [5.74, 6) is -0.732. The lowest BCUT2D eigenvalue weighted by atomic mass is 9.76. The first kappa shape index (κ1) is 10.8. The number of rotatable bonds is 2. The van der Waals surface area contributed by atoms with E-state index >= 15 is 0 Å². The third kappa shape index (κ3) is 2.29. The van der Waals surface area contributed by atoms with Gasteiger partial charge in [0.05, 0.1) is 13.0 Å². The maximum Gasteiger partial charge on any atom is 0.310 e. The quantitative estimate of drug-likeness (QED) is 0.774. The molecular formula is C16H20BrNO2. The Kier molecular flexibility index (Phi) is 2.96. The van der Waals surface area contributed by atoms with E-state index in [1.54, 1.807) is 4.90 Å². The van der Waals surface area contributed by atoms with Gasteiger partial charge in [-0.3, -0.25) is 9.69 Å². The highest BCUT2D eigenvalue weighted by Crippen LogP contribution is 2.46. The van der Waals surface area contributed by atoms with Crippen LogP contribution in [0.1, 0.15) is 34.9 Å². The molecule has 4 heteroatoms. The van der Waals surface area contributed by atoms with Crippen molar-refractivity contribution in [1.29, 1.82) is 0 Å². The molecule has 0 N–H and O–H groups in total. The van der Waals surface area contributed by atoms with Crippen molar-refractivity contribution < 1.29 is 13.6 Å². The highest BCUT2D eigenvalue weighted by Gasteiger charge is 2.49. The first-order valence-electron chi connectivity index (χ1n) is 8.44. The molecule has 108 valence electrons. The third-order valence-corrected chi connectivity index (χ3v) is 5.22. The van der Waals surface area contributed by atoms with Gasteiger partial charge in [-0.1, -0.05) is 28.1 Å². The average Bonchev–Trinajstić information content (AvgIpc) is 2.82. The number of benzene rings is 1. The summed E-state index contributed by atoms with van der Waals surface area (Å²) in [7, 11) is 1.38. The summed E-state index contributed by atoms with van der Waals surface area (Å²) in [6.07, 6.45) is 2.23. The Morgan fingerprint density at radius 2 is 2.15 bits per heavy atom. The second-order valence-corrected chi connectivity index (χ2v) is 6.56. The molecule has 4 atom stereocenters. The number of methoxy groups -OCH3 is 1. The Morgan fingerprint density at radius 1 is 1.40 bits per heavy atom. The van der Waals surface area contributed by atoms with Crippen LogP contribution in [0.25, 0.3) is 0 Å². The second-order valence-electron chi connectivity index (χ2n) is 5.65. The highest BCUT2D eigenvalue weighted by molar-refractivity contribution is 9.10. The van der Waals surface area contributed by atoms with Gasteiger partial charge in [-0.2, -0.15) is 0 Å². The number of carbonyl (C=O) groups excluding carboxylic acids is 1. The number of carbonyl (C=O) groups is 1. The molecule has 1 aromatic carbocycles. The van der Waals surface area contributed by atoms with E-state index in [-0.39, 0.29) is 24.0 Å². The van der Waals surface area contributed by atoms with Crippen molar-refractivity contribution in [2.45, 2.75) is 37.3 Å². The molecule has 3 nitrogen and oxygen atoms in total. The van der Waals surface area contributed by atoms with Gasteiger partial charge >= 0.3 is 5.97 Å². The van der Waals surface area contributed by atoms with Crippen LogP contribution in [0, 0.1) is 5.92 Å². The first-order valence-corrected chi connectivity index (χ1v) is 7.74. The van der Waals surface area contributed by atoms with Crippen LogP contribution in [0.2, 0.25) is 0 Å². The molecule has 3 rings (SSSR count). The molecule has 2 bridgehead atoms. The normalized spacial score (nSPS) is 36.0. The number of hydrogen-bond acceptors (Lipinski definition) is 3. The largest absolute Gasteiger partial charge is 0.469 e. The zero-order valence-electron chi connectivity index (χ0n) is 14.4. The lowest BCUT2D eigenvalue weighted by Crippen LogP contribution is -2.49. The van der Waals surface area contributed by atoms with Crippen LogP contribution in [-0.4, -0.2) is 37.0 Å². The molecule has 20 heavy (non-hydrogen) atoms. The van der Waals surface area contributed by atoms with E-state index in [2.05, 4.69) is 15.9 Å². The number of ether oxygens (including phenoxy) is 1. The Balaban J connectivity index is 1.98. The summed E-state index contributed by atoms with van der Waals surface area (Å²) in [6.45, 7) is -2.16. The predicted octanol–water partition coefficient (Wildman–Crippen LogP) is 3.19. The highest BCUT2D eigenvalue weighted by atomic mass is 79.9. The van der Waals surface area contributed by atoms with Gasteiger partial charge in [0.25, 0.3) is 0 Å². The van der Waals surface area contributed by atoms with E-state index in [1.807, 2.05) is 24.3 Å². The lowest BCUT2D eigenvalue weighted by molar-refractivity contribution is -0.150. The Morgan fingerprint density at radius 3 is 2.80 bits per heavy atom. The van der Waals surface area contributed by atoms with Crippen LogP contribution >= 0.6 is 15.9 Å². The van der Waals surface area contributed by atoms with E-state index < -0.39 is 12.9 Å². The zero-order chi connectivity index (χ0) is 16.8. The number of esters is 1. The number of nitrogens with zero attached hydrogens (tertiary/aromatic N) is 1. The van der Waals surface area contributed by atoms with Gasteiger partial charge in [-0.15, -0.1) is 0 Å². The molecule has 2 aliphatic rings. The molecule has 0 aromatic heterocycles. The summed E-state index contributed by atoms with van der Waals surface area (Å²) in [6, 6.07) is 7.66. The van der Waals surface area contributed by atoms with Crippen molar-refractivity contribution in [3.05, 3.63) is 34.3 Å². The van der Waals surface area contributed by atoms with Crippen molar-refractivity contribution in [2.24, 2.45) is 5.92 Å². The molecule has 2 heterocycles. The van der Waals surface area contributed by atoms with Gasteiger partial charge in [-0.05, 0) is 43.9 Å². The summed E-state index contributed by atoms with van der Waals surface area (Å²) in [5.41, 5.74) is 1.07. The van der Waals surface area contributed by atoms with Crippen molar-refractivity contribution in [3.63, 3.8) is 0 Å². The molecule has 2 aliphatic heterocycles. The Bertz CT molecular complexity index is 590. The maximum absolute atomic E-state index is 12.4. The van der Waals surface area contributed by atoms with Crippen LogP contribution in [0.15, 0.2) is 28.7 Å². The van der Waals surface area contributed by atoms with E-state index in [0.29, 0.717) is 6.42 Å². The van der Waals surface area contributed by atoms with Crippen molar-refractivity contribution in [3.8, 4) is 0 Å². The average molecular weight is 341 g/mol. The molecule has 1 aromatic rings. The summed E-state index contributed by atoms with van der Waals surface area (Å²) in [4.78, 5) is 14.0. The smallest absolute Gasteiger partial charge is 0.310 e. The third-order valence-electron chi connectivity index (χ3n) is 4.69. The number of halogens is 1. The fourth-order valence-corrected chi connectivity index (χ4v) is 3.98. The molecule has 0 aliphatic carbocycles. The zero-order valence-corrected chi connectivity index (χ0v) is 13.0. The summed E-state index contributed by atoms with van der Waals surface area (Å²) < 4.78 is 29.4. The van der Waals surface area contributed by atoms with E-state index in [1.165, 1.54) is 7.11 Å². The molecule has 0 radical (unpaired) electrons. The van der Waals surface area contributed by atoms with E-state index in [9.17, 15) is 4.79 Å². The number of piperidine rings is 1. The van der Waals surface area contributed by atoms with E-state index in [0.717, 1.165) is 22.9 Å². The minimum absolute atomic E-state index is 0.00190. The predicted molar refractivity (Wildman–Crippen MR) is 81.6 cm³/mol. The van der Waals surface area contributed by atoms with Gasteiger partial charge in [0, 0.05) is 26.6 Å². The van der Waals surface area contributed by atoms with Crippen LogP contribution in [0.5, 0.6) is 0 Å². The minimum atomic E-state index is -2.16. The fraction of sp³-hybridized carbons (Fsp3) is 0.562. The Labute approximate surface area is 132 Å². The van der Waals surface area contributed by atoms with Gasteiger partial charge in [0.2, 0.25) is 0 Å². The van der Waals surface area contributed by atoms with Gasteiger partial charge in [0.15, 0.2) is 0 Å². The van der Waals surface area contributed by atoms with Crippen LogP contribution in [0.4, 0.5) is 0 Å². The second kappa shape index (κ2) is 5.49. The molecule has 2 fully saturated rings. The van der Waals surface area contributed by atoms with Crippen molar-refractivity contribution in [2.75, 3.05) is 14.1 Å². The topological polar surface area (TPSA) is 29.5 Å². The van der Waals surface area contributed by atoms with Crippen LogP contribution < -0.4 is 0 Å². The molecule has 2 saturated heterocycles. The molecule has 0 spiro atoms. The SMILES string of the molecule is [2H]C([2H])([2H])N1[C@H]2CC[C@@H]1[C@@H](C(=O)OC)[C@@H](c1ccc(Br)cc1)C2. The van der Waals surface area contributed by atoms with Gasteiger partial charge in [0.1, 0.15) is 0 Å². The van der Waals surface area contributed by atoms with Gasteiger partial charge in [-0.25, -0.2) is 0 Å². The van der Waals surface area contributed by atoms with Crippen LogP contribution in [0.3, 0.4) is 0 Å². The van der Waals surface area contributed by atoms with Crippen molar-refractivity contribution in [1.82, 2.24) is 4.90 Å². The maximum atomic E-state index is 12.4. The lowest BCUT2D eigenvalue weighted by Gasteiger charge is -2.41. The molecule has 0 saturated carbocycles. The van der Waals surface area contributed by atoms with Gasteiger partial charge < -0.3 is 4.74 Å². The van der Waals surface area contributed by atoms with Crippen molar-refractivity contribution >= 4 is 21.9 Å². The number of fused-ring (bicyclic) bond motifs is 2. The minimum Gasteiger partial charge on any atom is -0.469 e. The first-order chi connectivity index (χ1) is 10.8. The molecule has 0 amide bonds. The summed E-state index contributed by atoms with van der Waals surface area (Å²) in [5, 5.41) is 0. The molecule has 0 unspecified atom stereocenters. The standard InChI is InChI=1S/C16H20BrNO2/c1-18-12-7-8-14(18)15(16(19)20-2)13(9-12)10-3-5-11(17)6-4-10/h3-6,12-15H,7-9H2,1-2H3/t12-,13+,14+,15-/m0/s1/i1D3. The number of hydrogen-bond donors (Lipinski definition) is 0. The Hall–Kier alpha value is -0.870. The summed E-state index contributed by atoms with van der Waals surface area (Å²) >= 11 is 3.42. The monoisotopic (exact) mass is 340 g/mol. The van der Waals surface area contributed by atoms with E-state index in [4.69, 9.17) is 8.85 Å².